The zero-order valence-electron chi connectivity index (χ0n) is 11.7. The first-order valence-electron chi connectivity index (χ1n) is 7.09. The highest BCUT2D eigenvalue weighted by molar-refractivity contribution is 6.31. The number of halogens is 3. The third-order valence-electron chi connectivity index (χ3n) is 3.95. The minimum Gasteiger partial charge on any atom is -0.331 e. The van der Waals surface area contributed by atoms with Gasteiger partial charge in [0.1, 0.15) is 17.2 Å². The minimum atomic E-state index is -0.838. The van der Waals surface area contributed by atoms with E-state index in [1.165, 1.54) is 11.0 Å². The van der Waals surface area contributed by atoms with Gasteiger partial charge in [-0.05, 0) is 36.6 Å². The van der Waals surface area contributed by atoms with Crippen LogP contribution in [0.1, 0.15) is 34.8 Å². The first-order valence-corrected chi connectivity index (χ1v) is 7.47. The summed E-state index contributed by atoms with van der Waals surface area (Å²) in [4.78, 5) is 14.1. The standard InChI is InChI=1S/C17H14ClF2NO/c18-12-6-2-1-5-11(12)15-9-4-10-21(15)17(22)16-13(19)7-3-8-14(16)20/h1-3,5-8,15H,4,9-10H2. The predicted molar refractivity (Wildman–Crippen MR) is 80.8 cm³/mol. The summed E-state index contributed by atoms with van der Waals surface area (Å²) in [6.07, 6.45) is 1.50. The van der Waals surface area contributed by atoms with E-state index in [0.717, 1.165) is 30.5 Å². The number of amides is 1. The van der Waals surface area contributed by atoms with Gasteiger partial charge in [-0.15, -0.1) is 0 Å². The fraction of sp³-hybridized carbons (Fsp3) is 0.235. The average Bonchev–Trinajstić information content (AvgIpc) is 2.96. The topological polar surface area (TPSA) is 20.3 Å². The highest BCUT2D eigenvalue weighted by Crippen LogP contribution is 2.37. The van der Waals surface area contributed by atoms with Gasteiger partial charge >= 0.3 is 0 Å². The monoisotopic (exact) mass is 321 g/mol. The molecule has 1 aliphatic rings. The van der Waals surface area contributed by atoms with Gasteiger partial charge in [-0.1, -0.05) is 35.9 Å². The summed E-state index contributed by atoms with van der Waals surface area (Å²) < 4.78 is 27.7. The number of nitrogens with zero attached hydrogens (tertiary/aromatic N) is 1. The van der Waals surface area contributed by atoms with E-state index in [9.17, 15) is 13.6 Å². The molecule has 5 heteroatoms. The van der Waals surface area contributed by atoms with Crippen LogP contribution in [0, 0.1) is 11.6 Å². The van der Waals surface area contributed by atoms with Crippen molar-refractivity contribution in [2.45, 2.75) is 18.9 Å². The molecule has 0 spiro atoms. The summed E-state index contributed by atoms with van der Waals surface area (Å²) in [6, 6.07) is 10.4. The number of hydrogen-bond acceptors (Lipinski definition) is 1. The Bertz CT molecular complexity index is 699. The highest BCUT2D eigenvalue weighted by Gasteiger charge is 2.34. The van der Waals surface area contributed by atoms with E-state index in [0.29, 0.717) is 11.6 Å². The molecule has 0 N–H and O–H groups in total. The zero-order chi connectivity index (χ0) is 15.7. The van der Waals surface area contributed by atoms with Gasteiger partial charge < -0.3 is 4.90 Å². The van der Waals surface area contributed by atoms with Crippen LogP contribution in [-0.4, -0.2) is 17.4 Å². The van der Waals surface area contributed by atoms with Crippen molar-refractivity contribution in [3.63, 3.8) is 0 Å². The molecule has 22 heavy (non-hydrogen) atoms. The van der Waals surface area contributed by atoms with Crippen molar-refractivity contribution in [3.8, 4) is 0 Å². The molecule has 2 nitrogen and oxygen atoms in total. The van der Waals surface area contributed by atoms with Gasteiger partial charge in [0, 0.05) is 11.6 Å². The van der Waals surface area contributed by atoms with Crippen LogP contribution in [0.25, 0.3) is 0 Å². The SMILES string of the molecule is O=C(c1c(F)cccc1F)N1CCCC1c1ccccc1Cl. The first kappa shape index (κ1) is 15.0. The lowest BCUT2D eigenvalue weighted by atomic mass is 10.0. The summed E-state index contributed by atoms with van der Waals surface area (Å²) in [6.45, 7) is 0.461. The molecule has 1 fully saturated rings. The fourth-order valence-corrected chi connectivity index (χ4v) is 3.19. The molecule has 1 aliphatic heterocycles. The molecule has 2 aromatic carbocycles. The first-order chi connectivity index (χ1) is 10.6. The molecular weight excluding hydrogens is 308 g/mol. The van der Waals surface area contributed by atoms with Crippen LogP contribution in [-0.2, 0) is 0 Å². The fourth-order valence-electron chi connectivity index (χ4n) is 2.92. The smallest absolute Gasteiger partial charge is 0.260 e. The van der Waals surface area contributed by atoms with E-state index in [4.69, 9.17) is 11.6 Å². The predicted octanol–water partition coefficient (Wildman–Crippen LogP) is 4.60. The van der Waals surface area contributed by atoms with E-state index in [1.807, 2.05) is 18.2 Å². The van der Waals surface area contributed by atoms with Crippen molar-refractivity contribution in [3.05, 3.63) is 70.2 Å². The Labute approximate surface area is 132 Å². The molecule has 1 amide bonds. The van der Waals surface area contributed by atoms with Gasteiger partial charge in [-0.25, -0.2) is 8.78 Å². The molecule has 1 heterocycles. The summed E-state index contributed by atoms with van der Waals surface area (Å²) >= 11 is 6.20. The maximum atomic E-state index is 13.8. The minimum absolute atomic E-state index is 0.250. The molecule has 1 saturated heterocycles. The summed E-state index contributed by atoms with van der Waals surface area (Å²) in [5, 5.41) is 0.557. The normalized spacial score (nSPS) is 17.8. The quantitative estimate of drug-likeness (QED) is 0.792. The van der Waals surface area contributed by atoms with Gasteiger partial charge in [0.25, 0.3) is 5.91 Å². The molecule has 1 unspecified atom stereocenters. The Morgan fingerprint density at radius 1 is 1.09 bits per heavy atom. The number of carbonyl (C=O) groups excluding carboxylic acids is 1. The Balaban J connectivity index is 1.97. The lowest BCUT2D eigenvalue weighted by Crippen LogP contribution is -2.32. The Hall–Kier alpha value is -1.94. The second kappa shape index (κ2) is 6.05. The van der Waals surface area contributed by atoms with Crippen LogP contribution in [0.4, 0.5) is 8.78 Å². The third-order valence-corrected chi connectivity index (χ3v) is 4.30. The van der Waals surface area contributed by atoms with Gasteiger partial charge in [0.15, 0.2) is 0 Å². The molecule has 0 bridgehead atoms. The second-order valence-corrected chi connectivity index (χ2v) is 5.68. The molecule has 114 valence electrons. The number of carbonyl (C=O) groups is 1. The van der Waals surface area contributed by atoms with E-state index >= 15 is 0 Å². The molecule has 0 saturated carbocycles. The van der Waals surface area contributed by atoms with Crippen molar-refractivity contribution in [1.29, 1.82) is 0 Å². The van der Waals surface area contributed by atoms with Crippen LogP contribution >= 0.6 is 11.6 Å². The number of likely N-dealkylation sites (tertiary alicyclic amines) is 1. The van der Waals surface area contributed by atoms with Crippen LogP contribution in [0.15, 0.2) is 42.5 Å². The Morgan fingerprint density at radius 2 is 1.77 bits per heavy atom. The van der Waals surface area contributed by atoms with E-state index in [-0.39, 0.29) is 6.04 Å². The number of rotatable bonds is 2. The Kier molecular flexibility index (Phi) is 4.12. The van der Waals surface area contributed by atoms with Crippen molar-refractivity contribution in [2.75, 3.05) is 6.54 Å². The number of benzene rings is 2. The van der Waals surface area contributed by atoms with E-state index in [1.54, 1.807) is 6.07 Å². The maximum absolute atomic E-state index is 13.8. The van der Waals surface area contributed by atoms with Crippen LogP contribution in [0.3, 0.4) is 0 Å². The van der Waals surface area contributed by atoms with Crippen molar-refractivity contribution >= 4 is 17.5 Å². The maximum Gasteiger partial charge on any atom is 0.260 e. The van der Waals surface area contributed by atoms with Crippen molar-refractivity contribution in [2.24, 2.45) is 0 Å². The van der Waals surface area contributed by atoms with Crippen LogP contribution < -0.4 is 0 Å². The molecule has 0 radical (unpaired) electrons. The van der Waals surface area contributed by atoms with Gasteiger partial charge in [-0.2, -0.15) is 0 Å². The van der Waals surface area contributed by atoms with Crippen molar-refractivity contribution < 1.29 is 13.6 Å². The second-order valence-electron chi connectivity index (χ2n) is 5.27. The average molecular weight is 322 g/mol. The van der Waals surface area contributed by atoms with Crippen LogP contribution in [0.2, 0.25) is 5.02 Å². The molecule has 0 aliphatic carbocycles. The molecule has 0 aromatic heterocycles. The Morgan fingerprint density at radius 3 is 2.45 bits per heavy atom. The van der Waals surface area contributed by atoms with Gasteiger partial charge in [0.05, 0.1) is 6.04 Å². The lowest BCUT2D eigenvalue weighted by Gasteiger charge is -2.26. The molecular formula is C17H14ClF2NO. The van der Waals surface area contributed by atoms with Gasteiger partial charge in [0.2, 0.25) is 0 Å². The van der Waals surface area contributed by atoms with Crippen LogP contribution in [0.5, 0.6) is 0 Å². The van der Waals surface area contributed by atoms with Gasteiger partial charge in [-0.3, -0.25) is 4.79 Å². The largest absolute Gasteiger partial charge is 0.331 e. The lowest BCUT2D eigenvalue weighted by molar-refractivity contribution is 0.0726. The summed E-state index contributed by atoms with van der Waals surface area (Å²) in [5.41, 5.74) is 0.313. The number of hydrogen-bond donors (Lipinski definition) is 0. The van der Waals surface area contributed by atoms with E-state index < -0.39 is 23.1 Å². The molecule has 3 rings (SSSR count). The summed E-state index contributed by atoms with van der Waals surface area (Å²) in [5.74, 6) is -2.30. The third kappa shape index (κ3) is 2.59. The van der Waals surface area contributed by atoms with E-state index in [2.05, 4.69) is 0 Å². The molecule has 1 atom stereocenters. The summed E-state index contributed by atoms with van der Waals surface area (Å²) in [7, 11) is 0. The zero-order valence-corrected chi connectivity index (χ0v) is 12.5. The molecule has 2 aromatic rings. The van der Waals surface area contributed by atoms with Crippen molar-refractivity contribution in [1.82, 2.24) is 4.90 Å². The highest BCUT2D eigenvalue weighted by atomic mass is 35.5.